The smallest absolute Gasteiger partial charge is 0.0616 e. The second-order valence-electron chi connectivity index (χ2n) is 3.69. The molecule has 0 aliphatic carbocycles. The summed E-state index contributed by atoms with van der Waals surface area (Å²) >= 11 is 17.4. The third kappa shape index (κ3) is 9.45. The zero-order valence-corrected chi connectivity index (χ0v) is 13.9. The van der Waals surface area contributed by atoms with E-state index in [0.29, 0.717) is 20.3 Å². The Morgan fingerprint density at radius 3 is 1.93 bits per heavy atom. The molecule has 0 amide bonds. The van der Waals surface area contributed by atoms with E-state index in [1.165, 1.54) is 0 Å². The SMILES string of the molecule is CCC(S)CSC(SCC(C)S)C(C)S. The van der Waals surface area contributed by atoms with E-state index in [9.17, 15) is 0 Å². The van der Waals surface area contributed by atoms with E-state index in [-0.39, 0.29) is 0 Å². The van der Waals surface area contributed by atoms with Gasteiger partial charge in [0.15, 0.2) is 0 Å². The largest absolute Gasteiger partial charge is 0.175 e. The van der Waals surface area contributed by atoms with Gasteiger partial charge in [0.25, 0.3) is 0 Å². The maximum atomic E-state index is 4.54. The average molecular weight is 303 g/mol. The molecule has 0 fully saturated rings. The lowest BCUT2D eigenvalue weighted by Gasteiger charge is -2.21. The van der Waals surface area contributed by atoms with Crippen LogP contribution in [0, 0.1) is 0 Å². The van der Waals surface area contributed by atoms with Gasteiger partial charge >= 0.3 is 0 Å². The minimum atomic E-state index is 0.421. The lowest BCUT2D eigenvalue weighted by molar-refractivity contribution is 0.921. The van der Waals surface area contributed by atoms with Gasteiger partial charge in [0, 0.05) is 27.3 Å². The van der Waals surface area contributed by atoms with Gasteiger partial charge in [0.1, 0.15) is 0 Å². The number of thioether (sulfide) groups is 2. The quantitative estimate of drug-likeness (QED) is 0.456. The van der Waals surface area contributed by atoms with Gasteiger partial charge in [-0.3, -0.25) is 0 Å². The van der Waals surface area contributed by atoms with E-state index >= 15 is 0 Å². The van der Waals surface area contributed by atoms with Gasteiger partial charge in [-0.15, -0.1) is 23.5 Å². The Morgan fingerprint density at radius 1 is 1.00 bits per heavy atom. The van der Waals surface area contributed by atoms with Gasteiger partial charge in [-0.05, 0) is 6.42 Å². The van der Waals surface area contributed by atoms with Crippen molar-refractivity contribution in [3.63, 3.8) is 0 Å². The first-order chi connectivity index (χ1) is 6.97. The lowest BCUT2D eigenvalue weighted by atomic mass is 10.4. The standard InChI is InChI=1S/C10H22S5/c1-4-9(13)6-15-10(8(3)12)14-5-7(2)11/h7-13H,4-6H2,1-3H3. The van der Waals surface area contributed by atoms with Crippen LogP contribution in [0.1, 0.15) is 27.2 Å². The highest BCUT2D eigenvalue weighted by atomic mass is 32.2. The van der Waals surface area contributed by atoms with Gasteiger partial charge in [0.2, 0.25) is 0 Å². The van der Waals surface area contributed by atoms with E-state index in [0.717, 1.165) is 17.9 Å². The molecule has 0 radical (unpaired) electrons. The van der Waals surface area contributed by atoms with Crippen molar-refractivity contribution >= 4 is 61.4 Å². The summed E-state index contributed by atoms with van der Waals surface area (Å²) in [6.07, 6.45) is 1.14. The van der Waals surface area contributed by atoms with E-state index in [2.05, 4.69) is 58.7 Å². The van der Waals surface area contributed by atoms with Crippen LogP contribution < -0.4 is 0 Å². The van der Waals surface area contributed by atoms with Crippen molar-refractivity contribution in [1.82, 2.24) is 0 Å². The highest BCUT2D eigenvalue weighted by Crippen LogP contribution is 2.31. The summed E-state index contributed by atoms with van der Waals surface area (Å²) in [7, 11) is 0. The fourth-order valence-corrected chi connectivity index (χ4v) is 4.45. The molecule has 0 aromatic heterocycles. The maximum absolute atomic E-state index is 4.54. The first kappa shape index (κ1) is 16.8. The Balaban J connectivity index is 3.83. The Bertz CT molecular complexity index is 149. The minimum absolute atomic E-state index is 0.421. The van der Waals surface area contributed by atoms with Crippen molar-refractivity contribution < 1.29 is 0 Å². The predicted molar refractivity (Wildman–Crippen MR) is 88.7 cm³/mol. The Hall–Kier alpha value is 1.75. The van der Waals surface area contributed by atoms with E-state index in [1.54, 1.807) is 0 Å². The highest BCUT2D eigenvalue weighted by molar-refractivity contribution is 8.18. The zero-order valence-electron chi connectivity index (χ0n) is 9.59. The summed E-state index contributed by atoms with van der Waals surface area (Å²) in [4.78, 5) is 0. The van der Waals surface area contributed by atoms with Gasteiger partial charge in [-0.25, -0.2) is 0 Å². The predicted octanol–water partition coefficient (Wildman–Crippen LogP) is 4.12. The zero-order chi connectivity index (χ0) is 11.8. The van der Waals surface area contributed by atoms with Crippen molar-refractivity contribution in [1.29, 1.82) is 0 Å². The van der Waals surface area contributed by atoms with Crippen LogP contribution in [0.2, 0.25) is 0 Å². The molecule has 0 aliphatic rings. The summed E-state index contributed by atoms with van der Waals surface area (Å²) in [5.41, 5.74) is 0. The van der Waals surface area contributed by atoms with Crippen molar-refractivity contribution in [2.45, 2.75) is 47.5 Å². The lowest BCUT2D eigenvalue weighted by Crippen LogP contribution is -2.15. The molecule has 0 heterocycles. The molecule has 92 valence electrons. The highest BCUT2D eigenvalue weighted by Gasteiger charge is 2.16. The molecule has 15 heavy (non-hydrogen) atoms. The first-order valence-corrected chi connectivity index (χ1v) is 8.89. The molecular weight excluding hydrogens is 280 g/mol. The molecule has 0 bridgehead atoms. The summed E-state index contributed by atoms with van der Waals surface area (Å²) < 4.78 is 0.559. The van der Waals surface area contributed by atoms with Gasteiger partial charge in [0.05, 0.1) is 4.58 Å². The summed E-state index contributed by atoms with van der Waals surface area (Å²) in [6.45, 7) is 6.48. The monoisotopic (exact) mass is 302 g/mol. The second kappa shape index (κ2) is 9.75. The molecule has 5 heteroatoms. The van der Waals surface area contributed by atoms with E-state index < -0.39 is 0 Å². The normalized spacial score (nSPS) is 19.6. The fraction of sp³-hybridized carbons (Fsp3) is 1.00. The summed E-state index contributed by atoms with van der Waals surface area (Å²) in [6, 6.07) is 0. The number of hydrogen-bond donors (Lipinski definition) is 3. The van der Waals surface area contributed by atoms with Gasteiger partial charge in [-0.2, -0.15) is 37.9 Å². The Labute approximate surface area is 120 Å². The van der Waals surface area contributed by atoms with Crippen LogP contribution in [0.15, 0.2) is 0 Å². The second-order valence-corrected chi connectivity index (χ2v) is 8.76. The number of rotatable bonds is 8. The third-order valence-corrected chi connectivity index (χ3v) is 7.32. The molecule has 0 nitrogen and oxygen atoms in total. The van der Waals surface area contributed by atoms with Crippen LogP contribution in [0.4, 0.5) is 0 Å². The number of hydrogen-bond acceptors (Lipinski definition) is 5. The van der Waals surface area contributed by atoms with Crippen molar-refractivity contribution in [3.05, 3.63) is 0 Å². The molecule has 0 spiro atoms. The molecule has 0 aromatic carbocycles. The molecule has 0 aromatic rings. The van der Waals surface area contributed by atoms with Gasteiger partial charge < -0.3 is 0 Å². The molecule has 4 unspecified atom stereocenters. The topological polar surface area (TPSA) is 0 Å². The average Bonchev–Trinajstić information content (AvgIpc) is 2.16. The van der Waals surface area contributed by atoms with Crippen LogP contribution in [0.5, 0.6) is 0 Å². The molecule has 4 atom stereocenters. The van der Waals surface area contributed by atoms with Gasteiger partial charge in [-0.1, -0.05) is 20.8 Å². The third-order valence-electron chi connectivity index (χ3n) is 1.82. The van der Waals surface area contributed by atoms with Crippen molar-refractivity contribution in [2.24, 2.45) is 0 Å². The van der Waals surface area contributed by atoms with E-state index in [4.69, 9.17) is 0 Å². The molecule has 0 rings (SSSR count). The van der Waals surface area contributed by atoms with Crippen LogP contribution in [-0.4, -0.2) is 31.8 Å². The van der Waals surface area contributed by atoms with Crippen LogP contribution >= 0.6 is 61.4 Å². The molecule has 0 saturated carbocycles. The molecule has 0 N–H and O–H groups in total. The fourth-order valence-electron chi connectivity index (χ4n) is 0.884. The maximum Gasteiger partial charge on any atom is 0.0616 e. The molecular formula is C10H22S5. The van der Waals surface area contributed by atoms with E-state index in [1.807, 2.05) is 23.5 Å². The minimum Gasteiger partial charge on any atom is -0.175 e. The van der Waals surface area contributed by atoms with Crippen molar-refractivity contribution in [3.8, 4) is 0 Å². The van der Waals surface area contributed by atoms with Crippen molar-refractivity contribution in [2.75, 3.05) is 11.5 Å². The summed E-state index contributed by atoms with van der Waals surface area (Å²) in [5.74, 6) is 2.21. The van der Waals surface area contributed by atoms with Crippen LogP contribution in [-0.2, 0) is 0 Å². The first-order valence-electron chi connectivity index (χ1n) is 5.24. The Kier molecular flexibility index (Phi) is 10.9. The molecule has 0 saturated heterocycles. The molecule has 0 aliphatic heterocycles. The van der Waals surface area contributed by atoms with Crippen LogP contribution in [0.3, 0.4) is 0 Å². The van der Waals surface area contributed by atoms with Crippen LogP contribution in [0.25, 0.3) is 0 Å². The summed E-state index contributed by atoms with van der Waals surface area (Å²) in [5, 5.41) is 1.39. The Morgan fingerprint density at radius 2 is 1.53 bits per heavy atom. The number of thiol groups is 3.